The molecule has 11 aromatic rings. The first kappa shape index (κ1) is 27.9. The van der Waals surface area contributed by atoms with Crippen molar-refractivity contribution in [2.75, 3.05) is 0 Å². The molecule has 0 bridgehead atoms. The van der Waals surface area contributed by atoms with Crippen LogP contribution in [0.5, 0.6) is 0 Å². The van der Waals surface area contributed by atoms with E-state index in [9.17, 15) is 0 Å². The normalized spacial score (nSPS) is 11.9. The largest absolute Gasteiger partial charge is 0.456 e. The molecule has 4 heterocycles. The number of hydrogen-bond acceptors (Lipinski definition) is 3. The summed E-state index contributed by atoms with van der Waals surface area (Å²) < 4.78 is 11.1. The van der Waals surface area contributed by atoms with Crippen LogP contribution in [0.15, 0.2) is 174 Å². The van der Waals surface area contributed by atoms with Gasteiger partial charge in [-0.2, -0.15) is 0 Å². The van der Waals surface area contributed by atoms with E-state index in [1.807, 2.05) is 24.3 Å². The third-order valence-electron chi connectivity index (χ3n) is 10.1. The van der Waals surface area contributed by atoms with Crippen molar-refractivity contribution in [2.24, 2.45) is 0 Å². The van der Waals surface area contributed by atoms with Crippen molar-refractivity contribution in [3.8, 4) is 34.2 Å². The highest BCUT2D eigenvalue weighted by Gasteiger charge is 2.25. The van der Waals surface area contributed by atoms with Crippen molar-refractivity contribution in [3.05, 3.63) is 170 Å². The van der Waals surface area contributed by atoms with Crippen LogP contribution in [0.1, 0.15) is 0 Å². The van der Waals surface area contributed by atoms with E-state index in [0.29, 0.717) is 5.95 Å². The summed E-state index contributed by atoms with van der Waals surface area (Å²) in [7, 11) is 0. The third-order valence-corrected chi connectivity index (χ3v) is 10.1. The van der Waals surface area contributed by atoms with E-state index in [1.165, 1.54) is 10.8 Å². The Morgan fingerprint density at radius 3 is 1.67 bits per heavy atom. The minimum absolute atomic E-state index is 0.610. The van der Waals surface area contributed by atoms with E-state index in [2.05, 4.69) is 155 Å². The average Bonchev–Trinajstić information content (AvgIpc) is 3.86. The van der Waals surface area contributed by atoms with Crippen LogP contribution in [0.25, 0.3) is 99.7 Å². The molecule has 0 radical (unpaired) electrons. The molecule has 51 heavy (non-hydrogen) atoms. The Labute approximate surface area is 292 Å². The summed E-state index contributed by atoms with van der Waals surface area (Å²) >= 11 is 0. The zero-order valence-corrected chi connectivity index (χ0v) is 27.4. The molecule has 0 aliphatic rings. The Morgan fingerprint density at radius 2 is 0.961 bits per heavy atom. The molecule has 0 unspecified atom stereocenters. The van der Waals surface area contributed by atoms with Crippen LogP contribution < -0.4 is 0 Å². The fourth-order valence-corrected chi connectivity index (χ4v) is 7.97. The van der Waals surface area contributed by atoms with E-state index < -0.39 is 0 Å². The summed E-state index contributed by atoms with van der Waals surface area (Å²) in [6, 6.07) is 59.3. The number of aromatic nitrogens is 4. The summed E-state index contributed by atoms with van der Waals surface area (Å²) in [5.74, 6) is 0.610. The minimum atomic E-state index is 0.610. The standard InChI is InChI=1S/C46H28N4O/c1-4-14-29(15-5-1)35-28-36(30-16-6-2-7-17-30)48-46(47-35)50-39-26-25-38-42(32-20-10-12-22-37(32)49(38)31-18-8-3-9-19-31)43(39)34-24-27-41-44(45(34)50)33-21-11-13-23-40(33)51-41/h1-28H. The summed E-state index contributed by atoms with van der Waals surface area (Å²) in [5, 5.41) is 6.80. The highest BCUT2D eigenvalue weighted by Crippen LogP contribution is 2.45. The first-order valence-electron chi connectivity index (χ1n) is 17.2. The average molecular weight is 653 g/mol. The van der Waals surface area contributed by atoms with Gasteiger partial charge in [0.05, 0.1) is 38.8 Å². The maximum Gasteiger partial charge on any atom is 0.235 e. The monoisotopic (exact) mass is 652 g/mol. The fraction of sp³-hybridized carbons (Fsp3) is 0. The number of fused-ring (bicyclic) bond motifs is 11. The molecule has 4 aromatic heterocycles. The van der Waals surface area contributed by atoms with Crippen LogP contribution in [0.4, 0.5) is 0 Å². The zero-order valence-electron chi connectivity index (χ0n) is 27.4. The SMILES string of the molecule is c1ccc(-c2cc(-c3ccccc3)nc(-n3c4ccc5c(c6ccccc6n5-c5ccccc5)c4c4ccc5oc6ccccc6c5c43)n2)cc1. The van der Waals surface area contributed by atoms with Crippen molar-refractivity contribution in [1.82, 2.24) is 19.1 Å². The van der Waals surface area contributed by atoms with Gasteiger partial charge >= 0.3 is 0 Å². The zero-order chi connectivity index (χ0) is 33.5. The lowest BCUT2D eigenvalue weighted by Gasteiger charge is -2.12. The van der Waals surface area contributed by atoms with Gasteiger partial charge in [-0.25, -0.2) is 9.97 Å². The van der Waals surface area contributed by atoms with Gasteiger partial charge < -0.3 is 8.98 Å². The molecule has 5 nitrogen and oxygen atoms in total. The summed E-state index contributed by atoms with van der Waals surface area (Å²) in [6.45, 7) is 0. The molecule has 0 saturated heterocycles. The van der Waals surface area contributed by atoms with Crippen molar-refractivity contribution in [3.63, 3.8) is 0 Å². The lowest BCUT2D eigenvalue weighted by atomic mass is 10.0. The Hall–Kier alpha value is -6.98. The molecular formula is C46H28N4O. The second kappa shape index (κ2) is 10.8. The molecule has 0 atom stereocenters. The van der Waals surface area contributed by atoms with E-state index in [-0.39, 0.29) is 0 Å². The van der Waals surface area contributed by atoms with Gasteiger partial charge in [-0.1, -0.05) is 115 Å². The molecule has 5 heteroatoms. The first-order valence-corrected chi connectivity index (χ1v) is 17.2. The fourth-order valence-electron chi connectivity index (χ4n) is 7.97. The molecule has 0 spiro atoms. The molecule has 238 valence electrons. The second-order valence-corrected chi connectivity index (χ2v) is 13.0. The maximum atomic E-state index is 6.49. The predicted octanol–water partition coefficient (Wildman–Crippen LogP) is 11.9. The molecule has 0 aliphatic heterocycles. The lowest BCUT2D eigenvalue weighted by molar-refractivity contribution is 0.669. The smallest absolute Gasteiger partial charge is 0.235 e. The van der Waals surface area contributed by atoms with Gasteiger partial charge in [0.25, 0.3) is 0 Å². The summed E-state index contributed by atoms with van der Waals surface area (Å²) in [6.07, 6.45) is 0. The Morgan fingerprint density at radius 1 is 0.392 bits per heavy atom. The van der Waals surface area contributed by atoms with Gasteiger partial charge in [-0.3, -0.25) is 4.57 Å². The van der Waals surface area contributed by atoms with Crippen molar-refractivity contribution in [1.29, 1.82) is 0 Å². The quantitative estimate of drug-likeness (QED) is 0.190. The number of para-hydroxylation sites is 3. The minimum Gasteiger partial charge on any atom is -0.456 e. The van der Waals surface area contributed by atoms with E-state index in [4.69, 9.17) is 14.4 Å². The van der Waals surface area contributed by atoms with Gasteiger partial charge in [0, 0.05) is 43.7 Å². The van der Waals surface area contributed by atoms with Gasteiger partial charge in [0.1, 0.15) is 11.2 Å². The van der Waals surface area contributed by atoms with Gasteiger partial charge in [0.2, 0.25) is 5.95 Å². The second-order valence-electron chi connectivity index (χ2n) is 13.0. The van der Waals surface area contributed by atoms with E-state index in [1.54, 1.807) is 0 Å². The first-order chi connectivity index (χ1) is 25.3. The van der Waals surface area contributed by atoms with Gasteiger partial charge in [-0.15, -0.1) is 0 Å². The molecule has 7 aromatic carbocycles. The number of rotatable bonds is 4. The number of benzene rings is 7. The molecule has 0 N–H and O–H groups in total. The lowest BCUT2D eigenvalue weighted by Crippen LogP contribution is -2.04. The molecule has 0 saturated carbocycles. The van der Waals surface area contributed by atoms with Crippen LogP contribution in [0.2, 0.25) is 0 Å². The Kier molecular flexibility index (Phi) is 5.89. The molecule has 0 aliphatic carbocycles. The van der Waals surface area contributed by atoms with E-state index >= 15 is 0 Å². The summed E-state index contributed by atoms with van der Waals surface area (Å²) in [4.78, 5) is 10.7. The molecule has 0 fully saturated rings. The third kappa shape index (κ3) is 4.09. The topological polar surface area (TPSA) is 48.8 Å². The number of furan rings is 1. The van der Waals surface area contributed by atoms with Crippen LogP contribution >= 0.6 is 0 Å². The van der Waals surface area contributed by atoms with E-state index in [0.717, 1.165) is 83.0 Å². The highest BCUT2D eigenvalue weighted by atomic mass is 16.3. The van der Waals surface area contributed by atoms with Crippen molar-refractivity contribution >= 4 is 65.6 Å². The van der Waals surface area contributed by atoms with Crippen LogP contribution in [-0.4, -0.2) is 19.1 Å². The molecule has 11 rings (SSSR count). The van der Waals surface area contributed by atoms with Crippen molar-refractivity contribution < 1.29 is 4.42 Å². The van der Waals surface area contributed by atoms with Crippen LogP contribution in [-0.2, 0) is 0 Å². The summed E-state index contributed by atoms with van der Waals surface area (Å²) in [5.41, 5.74) is 11.0. The van der Waals surface area contributed by atoms with Gasteiger partial charge in [-0.05, 0) is 54.6 Å². The van der Waals surface area contributed by atoms with Gasteiger partial charge in [0.15, 0.2) is 0 Å². The van der Waals surface area contributed by atoms with Crippen LogP contribution in [0.3, 0.4) is 0 Å². The Bertz CT molecular complexity index is 3060. The molecule has 0 amide bonds. The maximum absolute atomic E-state index is 6.49. The molecular weight excluding hydrogens is 625 g/mol. The number of hydrogen-bond donors (Lipinski definition) is 0. The Balaban J connectivity index is 1.35. The predicted molar refractivity (Wildman–Crippen MR) is 209 cm³/mol. The van der Waals surface area contributed by atoms with Crippen molar-refractivity contribution in [2.45, 2.75) is 0 Å². The van der Waals surface area contributed by atoms with Crippen LogP contribution in [0, 0.1) is 0 Å². The number of nitrogens with zero attached hydrogens (tertiary/aromatic N) is 4. The highest BCUT2D eigenvalue weighted by molar-refractivity contribution is 6.33.